The van der Waals surface area contributed by atoms with Crippen molar-refractivity contribution in [1.29, 1.82) is 5.41 Å². The van der Waals surface area contributed by atoms with Gasteiger partial charge < -0.3 is 15.6 Å². The summed E-state index contributed by atoms with van der Waals surface area (Å²) in [5.74, 6) is 1.02. The van der Waals surface area contributed by atoms with E-state index in [0.29, 0.717) is 0 Å². The lowest BCUT2D eigenvalue weighted by atomic mass is 10.3. The monoisotopic (exact) mass is 217 g/mol. The standard InChI is InChI=1S/C7H12BrN3/c1-11-4-2-3-10-7(11)6(8)5-9/h5,9-10H,2-4H2,1H3/b7-6-,9-5?. The second-order valence-electron chi connectivity index (χ2n) is 2.54. The second kappa shape index (κ2) is 3.76. The average molecular weight is 218 g/mol. The summed E-state index contributed by atoms with van der Waals surface area (Å²) in [4.78, 5) is 2.11. The molecule has 1 heterocycles. The highest BCUT2D eigenvalue weighted by Gasteiger charge is 2.11. The Balaban J connectivity index is 2.75. The van der Waals surface area contributed by atoms with Crippen molar-refractivity contribution in [2.24, 2.45) is 0 Å². The molecule has 1 rings (SSSR count). The summed E-state index contributed by atoms with van der Waals surface area (Å²) in [5.41, 5.74) is 0. The van der Waals surface area contributed by atoms with E-state index in [4.69, 9.17) is 5.41 Å². The molecule has 0 spiro atoms. The van der Waals surface area contributed by atoms with E-state index in [0.717, 1.165) is 29.8 Å². The molecule has 0 atom stereocenters. The first kappa shape index (κ1) is 8.59. The maximum Gasteiger partial charge on any atom is 0.117 e. The largest absolute Gasteiger partial charge is 0.371 e. The SMILES string of the molecule is CN1CCCN/C1=C(/Br)C=N. The molecule has 3 nitrogen and oxygen atoms in total. The quantitative estimate of drug-likeness (QED) is 0.647. The van der Waals surface area contributed by atoms with Gasteiger partial charge in [-0.3, -0.25) is 0 Å². The molecule has 0 aliphatic carbocycles. The van der Waals surface area contributed by atoms with Crippen molar-refractivity contribution in [2.75, 3.05) is 20.1 Å². The Morgan fingerprint density at radius 2 is 2.55 bits per heavy atom. The summed E-state index contributed by atoms with van der Waals surface area (Å²) in [5, 5.41) is 10.3. The lowest BCUT2D eigenvalue weighted by Crippen LogP contribution is -2.37. The van der Waals surface area contributed by atoms with Gasteiger partial charge in [-0.05, 0) is 22.4 Å². The molecule has 0 aromatic heterocycles. The molecule has 4 heteroatoms. The highest BCUT2D eigenvalue weighted by molar-refractivity contribution is 9.12. The summed E-state index contributed by atoms with van der Waals surface area (Å²) in [6, 6.07) is 0. The van der Waals surface area contributed by atoms with E-state index in [1.807, 2.05) is 7.05 Å². The number of hydrogen-bond acceptors (Lipinski definition) is 3. The fourth-order valence-electron chi connectivity index (χ4n) is 1.10. The van der Waals surface area contributed by atoms with Crippen LogP contribution in [0.2, 0.25) is 0 Å². The molecule has 0 amide bonds. The second-order valence-corrected chi connectivity index (χ2v) is 3.40. The van der Waals surface area contributed by atoms with Crippen molar-refractivity contribution in [2.45, 2.75) is 6.42 Å². The molecule has 0 radical (unpaired) electrons. The zero-order chi connectivity index (χ0) is 8.27. The smallest absolute Gasteiger partial charge is 0.117 e. The van der Waals surface area contributed by atoms with E-state index < -0.39 is 0 Å². The third-order valence-corrected chi connectivity index (χ3v) is 2.30. The summed E-state index contributed by atoms with van der Waals surface area (Å²) in [7, 11) is 2.02. The number of hydrogen-bond donors (Lipinski definition) is 2. The molecule has 11 heavy (non-hydrogen) atoms. The van der Waals surface area contributed by atoms with Gasteiger partial charge in [0.15, 0.2) is 0 Å². The lowest BCUT2D eigenvalue weighted by molar-refractivity contribution is 0.334. The van der Waals surface area contributed by atoms with Gasteiger partial charge in [0, 0.05) is 26.4 Å². The van der Waals surface area contributed by atoms with Gasteiger partial charge >= 0.3 is 0 Å². The summed E-state index contributed by atoms with van der Waals surface area (Å²) >= 11 is 3.31. The number of allylic oxidation sites excluding steroid dienone is 1. The molecule has 2 N–H and O–H groups in total. The van der Waals surface area contributed by atoms with E-state index in [2.05, 4.69) is 26.1 Å². The minimum absolute atomic E-state index is 0.819. The molecular weight excluding hydrogens is 206 g/mol. The Morgan fingerprint density at radius 3 is 3.09 bits per heavy atom. The van der Waals surface area contributed by atoms with Gasteiger partial charge in [-0.25, -0.2) is 0 Å². The lowest BCUT2D eigenvalue weighted by Gasteiger charge is -2.29. The Bertz CT molecular complexity index is 188. The maximum atomic E-state index is 7.04. The molecule has 0 aromatic carbocycles. The topological polar surface area (TPSA) is 39.1 Å². The molecule has 1 aliphatic rings. The molecule has 1 aliphatic heterocycles. The molecule has 0 bridgehead atoms. The first-order valence-electron chi connectivity index (χ1n) is 3.61. The van der Waals surface area contributed by atoms with Gasteiger partial charge in [0.1, 0.15) is 5.82 Å². The third-order valence-electron chi connectivity index (χ3n) is 1.70. The van der Waals surface area contributed by atoms with E-state index in [-0.39, 0.29) is 0 Å². The fourth-order valence-corrected chi connectivity index (χ4v) is 1.55. The average Bonchev–Trinajstić information content (AvgIpc) is 2.04. The Kier molecular flexibility index (Phi) is 2.93. The van der Waals surface area contributed by atoms with Crippen LogP contribution in [0.3, 0.4) is 0 Å². The molecular formula is C7H12BrN3. The number of rotatable bonds is 1. The van der Waals surface area contributed by atoms with Crippen LogP contribution in [-0.4, -0.2) is 31.3 Å². The number of nitrogens with one attached hydrogen (secondary N) is 2. The van der Waals surface area contributed by atoms with Gasteiger partial charge in [0.25, 0.3) is 0 Å². The summed E-state index contributed by atoms with van der Waals surface area (Å²) < 4.78 is 0.819. The Hall–Kier alpha value is -0.510. The molecule has 1 saturated heterocycles. The highest BCUT2D eigenvalue weighted by atomic mass is 79.9. The molecule has 62 valence electrons. The molecule has 0 aromatic rings. The van der Waals surface area contributed by atoms with E-state index in [1.54, 1.807) is 0 Å². The molecule has 0 saturated carbocycles. The molecule has 1 fully saturated rings. The van der Waals surface area contributed by atoms with Crippen LogP contribution in [-0.2, 0) is 0 Å². The summed E-state index contributed by atoms with van der Waals surface area (Å²) in [6.07, 6.45) is 2.47. The van der Waals surface area contributed by atoms with Gasteiger partial charge in [0.2, 0.25) is 0 Å². The van der Waals surface area contributed by atoms with Crippen molar-refractivity contribution in [3.05, 3.63) is 10.3 Å². The van der Waals surface area contributed by atoms with Crippen LogP contribution in [0, 0.1) is 5.41 Å². The predicted molar refractivity (Wildman–Crippen MR) is 50.0 cm³/mol. The Morgan fingerprint density at radius 1 is 1.82 bits per heavy atom. The van der Waals surface area contributed by atoms with Crippen LogP contribution in [0.25, 0.3) is 0 Å². The van der Waals surface area contributed by atoms with Crippen LogP contribution in [0.15, 0.2) is 10.3 Å². The van der Waals surface area contributed by atoms with E-state index >= 15 is 0 Å². The van der Waals surface area contributed by atoms with Crippen molar-refractivity contribution >= 4 is 22.1 Å². The van der Waals surface area contributed by atoms with Crippen LogP contribution in [0.4, 0.5) is 0 Å². The minimum atomic E-state index is 0.819. The first-order valence-corrected chi connectivity index (χ1v) is 4.40. The van der Waals surface area contributed by atoms with Crippen LogP contribution < -0.4 is 5.32 Å². The first-order chi connectivity index (χ1) is 5.25. The Labute approximate surface area is 75.1 Å². The van der Waals surface area contributed by atoms with Gasteiger partial charge in [0.05, 0.1) is 4.48 Å². The van der Waals surface area contributed by atoms with E-state index in [1.165, 1.54) is 6.21 Å². The normalized spacial score (nSPS) is 22.5. The fraction of sp³-hybridized carbons (Fsp3) is 0.571. The minimum Gasteiger partial charge on any atom is -0.371 e. The highest BCUT2D eigenvalue weighted by Crippen LogP contribution is 2.13. The van der Waals surface area contributed by atoms with Gasteiger partial charge in [-0.1, -0.05) is 0 Å². The van der Waals surface area contributed by atoms with Crippen molar-refractivity contribution < 1.29 is 0 Å². The zero-order valence-corrected chi connectivity index (χ0v) is 8.11. The van der Waals surface area contributed by atoms with Crippen LogP contribution in [0.1, 0.15) is 6.42 Å². The molecule has 0 unspecified atom stereocenters. The van der Waals surface area contributed by atoms with E-state index in [9.17, 15) is 0 Å². The van der Waals surface area contributed by atoms with Crippen molar-refractivity contribution in [3.8, 4) is 0 Å². The summed E-state index contributed by atoms with van der Waals surface area (Å²) in [6.45, 7) is 2.06. The zero-order valence-electron chi connectivity index (χ0n) is 6.52. The van der Waals surface area contributed by atoms with Crippen LogP contribution in [0.5, 0.6) is 0 Å². The predicted octanol–water partition coefficient (Wildman–Crippen LogP) is 1.13. The van der Waals surface area contributed by atoms with Crippen LogP contribution >= 0.6 is 15.9 Å². The van der Waals surface area contributed by atoms with Crippen molar-refractivity contribution in [1.82, 2.24) is 10.2 Å². The van der Waals surface area contributed by atoms with Gasteiger partial charge in [-0.15, -0.1) is 0 Å². The number of halogens is 1. The third kappa shape index (κ3) is 1.96. The number of nitrogens with zero attached hydrogens (tertiary/aromatic N) is 1. The van der Waals surface area contributed by atoms with Crippen molar-refractivity contribution in [3.63, 3.8) is 0 Å². The van der Waals surface area contributed by atoms with Gasteiger partial charge in [-0.2, -0.15) is 0 Å². The maximum absolute atomic E-state index is 7.04.